The minimum Gasteiger partial charge on any atom is -0.465 e. The van der Waals surface area contributed by atoms with Crippen molar-refractivity contribution >= 4 is 0 Å². The minimum atomic E-state index is 0.0611. The molecule has 1 heteroatoms. The van der Waals surface area contributed by atoms with Gasteiger partial charge in [-0.2, -0.15) is 0 Å². The van der Waals surface area contributed by atoms with Crippen LogP contribution in [0.15, 0.2) is 48.8 Å². The molecule has 16 heavy (non-hydrogen) atoms. The molecular formula is C15H20O. The van der Waals surface area contributed by atoms with Crippen LogP contribution in [0.2, 0.25) is 0 Å². The molecule has 1 aromatic rings. The third kappa shape index (κ3) is 3.58. The maximum atomic E-state index is 5.63. The zero-order valence-corrected chi connectivity index (χ0v) is 10.6. The van der Waals surface area contributed by atoms with Gasteiger partial charge in [-0.3, -0.25) is 0 Å². The summed E-state index contributed by atoms with van der Waals surface area (Å²) in [7, 11) is 0. The Morgan fingerprint density at radius 2 is 2.00 bits per heavy atom. The molecule has 0 aromatic heterocycles. The molecule has 0 spiro atoms. The molecule has 0 fully saturated rings. The van der Waals surface area contributed by atoms with E-state index in [9.17, 15) is 0 Å². The smallest absolute Gasteiger partial charge is 0.126 e. The van der Waals surface area contributed by atoms with Crippen molar-refractivity contribution in [3.8, 4) is 5.75 Å². The fourth-order valence-corrected chi connectivity index (χ4v) is 1.35. The highest BCUT2D eigenvalue weighted by Gasteiger charge is 2.14. The lowest BCUT2D eigenvalue weighted by molar-refractivity contribution is 0.440. The molecular weight excluding hydrogens is 196 g/mol. The summed E-state index contributed by atoms with van der Waals surface area (Å²) >= 11 is 0. The minimum absolute atomic E-state index is 0.0611. The fraction of sp³-hybridized carbons (Fsp3) is 0.333. The first-order valence-corrected chi connectivity index (χ1v) is 5.50. The summed E-state index contributed by atoms with van der Waals surface area (Å²) in [5.74, 6) is 0.864. The van der Waals surface area contributed by atoms with Gasteiger partial charge in [0.15, 0.2) is 0 Å². The van der Waals surface area contributed by atoms with Crippen LogP contribution in [0.1, 0.15) is 26.3 Å². The van der Waals surface area contributed by atoms with Crippen molar-refractivity contribution in [2.24, 2.45) is 5.41 Å². The highest BCUT2D eigenvalue weighted by Crippen LogP contribution is 2.26. The Bertz CT molecular complexity index is 394. The number of rotatable bonds is 3. The van der Waals surface area contributed by atoms with E-state index in [-0.39, 0.29) is 5.41 Å². The monoisotopic (exact) mass is 216 g/mol. The summed E-state index contributed by atoms with van der Waals surface area (Å²) in [6.45, 7) is 12.3. The summed E-state index contributed by atoms with van der Waals surface area (Å²) in [5, 5.41) is 0. The first kappa shape index (κ1) is 12.6. The predicted molar refractivity (Wildman–Crippen MR) is 69.5 cm³/mol. The average molecular weight is 216 g/mol. The number of hydrogen-bond acceptors (Lipinski definition) is 1. The second-order valence-corrected chi connectivity index (χ2v) is 4.96. The molecule has 1 rings (SSSR count). The van der Waals surface area contributed by atoms with Crippen molar-refractivity contribution in [2.45, 2.75) is 27.7 Å². The van der Waals surface area contributed by atoms with Gasteiger partial charge in [-0.1, -0.05) is 45.6 Å². The van der Waals surface area contributed by atoms with Gasteiger partial charge in [0.2, 0.25) is 0 Å². The molecule has 0 unspecified atom stereocenters. The van der Waals surface area contributed by atoms with E-state index in [4.69, 9.17) is 4.74 Å². The van der Waals surface area contributed by atoms with Crippen molar-refractivity contribution in [1.29, 1.82) is 0 Å². The van der Waals surface area contributed by atoms with Gasteiger partial charge in [-0.15, -0.1) is 0 Å². The summed E-state index contributed by atoms with van der Waals surface area (Å²) < 4.78 is 5.63. The number of aryl methyl sites for hydroxylation is 1. The van der Waals surface area contributed by atoms with Crippen LogP contribution in [-0.4, -0.2) is 0 Å². The molecule has 1 aromatic carbocycles. The third-order valence-corrected chi connectivity index (χ3v) is 2.40. The van der Waals surface area contributed by atoms with Gasteiger partial charge in [0, 0.05) is 0 Å². The lowest BCUT2D eigenvalue weighted by atomic mass is 9.87. The molecule has 0 saturated carbocycles. The fourth-order valence-electron chi connectivity index (χ4n) is 1.35. The van der Waals surface area contributed by atoms with E-state index in [1.165, 1.54) is 5.56 Å². The molecule has 1 nitrogen and oxygen atoms in total. The van der Waals surface area contributed by atoms with E-state index >= 15 is 0 Å². The Kier molecular flexibility index (Phi) is 3.94. The Labute approximate surface area is 98.5 Å². The lowest BCUT2D eigenvalue weighted by Crippen LogP contribution is -2.08. The van der Waals surface area contributed by atoms with E-state index in [0.29, 0.717) is 0 Å². The van der Waals surface area contributed by atoms with E-state index in [0.717, 1.165) is 11.3 Å². The van der Waals surface area contributed by atoms with Crippen LogP contribution >= 0.6 is 0 Å². The maximum Gasteiger partial charge on any atom is 0.126 e. The standard InChI is InChI=1S/C15H20O/c1-6-13(15(3,4)5)11-16-14-9-7-8-12(2)10-14/h6-11H,1H2,2-5H3. The third-order valence-electron chi connectivity index (χ3n) is 2.40. The normalized spacial score (nSPS) is 12.4. The highest BCUT2D eigenvalue weighted by molar-refractivity contribution is 5.29. The van der Waals surface area contributed by atoms with Gasteiger partial charge < -0.3 is 4.74 Å². The zero-order valence-electron chi connectivity index (χ0n) is 10.6. The van der Waals surface area contributed by atoms with Gasteiger partial charge >= 0.3 is 0 Å². The van der Waals surface area contributed by atoms with Crippen LogP contribution in [0.3, 0.4) is 0 Å². The number of hydrogen-bond donors (Lipinski definition) is 0. The van der Waals surface area contributed by atoms with Gasteiger partial charge in [0.25, 0.3) is 0 Å². The number of ether oxygens (including phenoxy) is 1. The number of allylic oxidation sites excluding steroid dienone is 2. The molecule has 86 valence electrons. The molecule has 0 aliphatic heterocycles. The summed E-state index contributed by atoms with van der Waals surface area (Å²) in [6, 6.07) is 8.00. The van der Waals surface area contributed by atoms with Crippen molar-refractivity contribution < 1.29 is 4.74 Å². The molecule has 0 atom stereocenters. The van der Waals surface area contributed by atoms with Crippen LogP contribution in [-0.2, 0) is 0 Å². The van der Waals surface area contributed by atoms with E-state index < -0.39 is 0 Å². The Balaban J connectivity index is 2.82. The molecule has 0 bridgehead atoms. The van der Waals surface area contributed by atoms with Crippen LogP contribution < -0.4 is 4.74 Å². The van der Waals surface area contributed by atoms with Crippen molar-refractivity contribution in [2.75, 3.05) is 0 Å². The second kappa shape index (κ2) is 5.02. The largest absolute Gasteiger partial charge is 0.465 e. The highest BCUT2D eigenvalue weighted by atomic mass is 16.5. The predicted octanol–water partition coefficient (Wildman–Crippen LogP) is 4.49. The van der Waals surface area contributed by atoms with Gasteiger partial charge in [-0.05, 0) is 35.6 Å². The van der Waals surface area contributed by atoms with Crippen LogP contribution in [0, 0.1) is 12.3 Å². The van der Waals surface area contributed by atoms with Crippen molar-refractivity contribution in [3.05, 3.63) is 54.3 Å². The van der Waals surface area contributed by atoms with E-state index in [1.807, 2.05) is 24.3 Å². The van der Waals surface area contributed by atoms with Crippen LogP contribution in [0.4, 0.5) is 0 Å². The lowest BCUT2D eigenvalue weighted by Gasteiger charge is -2.19. The molecule has 0 saturated heterocycles. The van der Waals surface area contributed by atoms with Crippen LogP contribution in [0.25, 0.3) is 0 Å². The van der Waals surface area contributed by atoms with Gasteiger partial charge in [-0.25, -0.2) is 0 Å². The molecule has 0 heterocycles. The molecule has 0 aliphatic carbocycles. The number of benzene rings is 1. The zero-order chi connectivity index (χ0) is 12.2. The summed E-state index contributed by atoms with van der Waals surface area (Å²) in [6.07, 6.45) is 3.62. The van der Waals surface area contributed by atoms with Gasteiger partial charge in [0.05, 0.1) is 6.26 Å². The Morgan fingerprint density at radius 1 is 1.31 bits per heavy atom. The molecule has 0 radical (unpaired) electrons. The van der Waals surface area contributed by atoms with Crippen molar-refractivity contribution in [1.82, 2.24) is 0 Å². The van der Waals surface area contributed by atoms with E-state index in [2.05, 4.69) is 40.3 Å². The van der Waals surface area contributed by atoms with Crippen LogP contribution in [0.5, 0.6) is 5.75 Å². The van der Waals surface area contributed by atoms with Gasteiger partial charge in [0.1, 0.15) is 5.75 Å². The average Bonchev–Trinajstić information content (AvgIpc) is 2.16. The second-order valence-electron chi connectivity index (χ2n) is 4.96. The first-order chi connectivity index (χ1) is 7.43. The molecule has 0 N–H and O–H groups in total. The Hall–Kier alpha value is -1.50. The summed E-state index contributed by atoms with van der Waals surface area (Å²) in [5.41, 5.74) is 2.35. The van der Waals surface area contributed by atoms with E-state index in [1.54, 1.807) is 6.26 Å². The summed E-state index contributed by atoms with van der Waals surface area (Å²) in [4.78, 5) is 0. The Morgan fingerprint density at radius 3 is 2.50 bits per heavy atom. The topological polar surface area (TPSA) is 9.23 Å². The molecule has 0 amide bonds. The first-order valence-electron chi connectivity index (χ1n) is 5.50. The maximum absolute atomic E-state index is 5.63. The van der Waals surface area contributed by atoms with Crippen molar-refractivity contribution in [3.63, 3.8) is 0 Å². The quantitative estimate of drug-likeness (QED) is 0.534. The SMILES string of the molecule is C=CC(=COc1cccc(C)c1)C(C)(C)C. The molecule has 0 aliphatic rings.